The first-order chi connectivity index (χ1) is 64.6. The van der Waals surface area contributed by atoms with Gasteiger partial charge in [-0.2, -0.15) is 0 Å². The van der Waals surface area contributed by atoms with Crippen molar-refractivity contribution in [3.05, 3.63) is 381 Å². The third-order valence-electron chi connectivity index (χ3n) is 25.6. The van der Waals surface area contributed by atoms with Crippen molar-refractivity contribution in [2.24, 2.45) is 23.5 Å². The van der Waals surface area contributed by atoms with Crippen LogP contribution in [0.1, 0.15) is 161 Å². The molecular weight excluding hydrogens is 1740 g/mol. The number of alkyl carbamates (subject to hydrolysis) is 1. The molecule has 4 fully saturated rings. The topological polar surface area (TPSA) is 271 Å². The number of benzene rings is 9. The van der Waals surface area contributed by atoms with Crippen LogP contribution in [-0.2, 0) is 98.6 Å². The highest BCUT2D eigenvalue weighted by atomic mass is 79.9. The molecule has 23 heteroatoms. The molecular formula is C111H126BBrN8O13. The predicted molar refractivity (Wildman–Crippen MR) is 528 cm³/mol. The number of hydrogen-bond acceptors (Lipinski definition) is 20. The van der Waals surface area contributed by atoms with Crippen molar-refractivity contribution in [3.8, 4) is 22.3 Å². The summed E-state index contributed by atoms with van der Waals surface area (Å²) in [5.74, 6) is -1.21. The number of nitrogens with zero attached hydrogens (tertiary/aromatic N) is 6. The van der Waals surface area contributed by atoms with Gasteiger partial charge >= 0.3 is 31.1 Å². The molecule has 0 spiro atoms. The summed E-state index contributed by atoms with van der Waals surface area (Å²) in [5, 5.41) is 38.5. The molecule has 698 valence electrons. The van der Waals surface area contributed by atoms with Crippen molar-refractivity contribution in [1.82, 2.24) is 35.0 Å². The van der Waals surface area contributed by atoms with E-state index in [2.05, 4.69) is 131 Å². The van der Waals surface area contributed by atoms with E-state index in [0.29, 0.717) is 58.8 Å². The van der Waals surface area contributed by atoms with Crippen LogP contribution in [0.25, 0.3) is 22.3 Å². The second-order valence-corrected chi connectivity index (χ2v) is 37.9. The van der Waals surface area contributed by atoms with Gasteiger partial charge in [0, 0.05) is 66.1 Å². The number of nitrogens with two attached hydrogens (primary N) is 1. The van der Waals surface area contributed by atoms with Crippen LogP contribution in [-0.4, -0.2) is 152 Å². The highest BCUT2D eigenvalue weighted by Gasteiger charge is 2.52. The molecule has 0 aliphatic carbocycles. The quantitative estimate of drug-likeness (QED) is 0.0173. The van der Waals surface area contributed by atoms with Crippen molar-refractivity contribution >= 4 is 52.5 Å². The number of aromatic nitrogens is 3. The van der Waals surface area contributed by atoms with Crippen molar-refractivity contribution in [2.45, 2.75) is 167 Å². The average Bonchev–Trinajstić information content (AvgIpc) is 1.45. The Morgan fingerprint density at radius 3 is 1.01 bits per heavy atom. The Balaban J connectivity index is 0.000000163. The van der Waals surface area contributed by atoms with Gasteiger partial charge < -0.3 is 54.6 Å². The molecule has 0 unspecified atom stereocenters. The first-order valence-corrected chi connectivity index (χ1v) is 47.4. The van der Waals surface area contributed by atoms with E-state index in [4.69, 9.17) is 34.0 Å². The van der Waals surface area contributed by atoms with Gasteiger partial charge in [-0.15, -0.1) is 0 Å². The molecule has 0 bridgehead atoms. The Labute approximate surface area is 798 Å². The third-order valence-corrected chi connectivity index (χ3v) is 26.1. The molecule has 6 N–H and O–H groups in total. The second-order valence-electron chi connectivity index (χ2n) is 37.0. The number of aryl methyl sites for hydroxylation is 1. The Morgan fingerprint density at radius 1 is 0.410 bits per heavy atom. The van der Waals surface area contributed by atoms with Gasteiger partial charge in [0.25, 0.3) is 0 Å². The van der Waals surface area contributed by atoms with Crippen molar-refractivity contribution in [2.75, 3.05) is 59.1 Å². The summed E-state index contributed by atoms with van der Waals surface area (Å²) in [5.41, 5.74) is 12.1. The fraction of sp³-hybridized carbons (Fsp3) is 0.342. The molecule has 3 atom stereocenters. The number of halogens is 1. The summed E-state index contributed by atoms with van der Waals surface area (Å²) in [6.45, 7) is 25.6. The summed E-state index contributed by atoms with van der Waals surface area (Å²) in [7, 11) is -0.524. The van der Waals surface area contributed by atoms with E-state index in [1.807, 2.05) is 188 Å². The number of ether oxygens (including phenoxy) is 4. The van der Waals surface area contributed by atoms with Crippen molar-refractivity contribution in [3.63, 3.8) is 0 Å². The molecule has 4 aliphatic heterocycles. The summed E-state index contributed by atoms with van der Waals surface area (Å²) in [4.78, 5) is 73.0. The van der Waals surface area contributed by atoms with E-state index in [-0.39, 0.29) is 30.9 Å². The van der Waals surface area contributed by atoms with Crippen LogP contribution < -0.4 is 16.5 Å². The van der Waals surface area contributed by atoms with Crippen LogP contribution in [0.15, 0.2) is 314 Å². The molecule has 4 saturated heterocycles. The van der Waals surface area contributed by atoms with E-state index < -0.39 is 64.7 Å². The van der Waals surface area contributed by atoms with Gasteiger partial charge in [0.05, 0.1) is 49.0 Å². The number of likely N-dealkylation sites (tertiary alicyclic amines) is 3. The first kappa shape index (κ1) is 99.8. The van der Waals surface area contributed by atoms with Gasteiger partial charge in [-0.1, -0.05) is 274 Å². The number of nitrogens with one attached hydrogen (secondary N) is 1. The molecule has 21 nitrogen and oxygen atoms in total. The Kier molecular flexibility index (Phi) is 35.0. The number of amides is 1. The maximum absolute atomic E-state index is 13.7. The van der Waals surface area contributed by atoms with E-state index in [0.717, 1.165) is 147 Å². The van der Waals surface area contributed by atoms with E-state index in [1.54, 1.807) is 97.3 Å². The van der Waals surface area contributed by atoms with Gasteiger partial charge in [-0.25, -0.2) is 19.2 Å². The smallest absolute Gasteiger partial charge is 0.463 e. The molecule has 0 radical (unpaired) electrons. The molecule has 12 aromatic rings. The number of rotatable bonds is 28. The molecule has 4 aliphatic rings. The minimum absolute atomic E-state index is 0.243. The number of hydrogen-bond donors (Lipinski definition) is 5. The molecule has 7 heterocycles. The summed E-state index contributed by atoms with van der Waals surface area (Å²) < 4.78 is 36.2. The Hall–Kier alpha value is -11.7. The second kappa shape index (κ2) is 47.0. The molecule has 3 aromatic heterocycles. The number of pyridine rings is 3. The summed E-state index contributed by atoms with van der Waals surface area (Å²) in [6.07, 6.45) is 11.5. The molecule has 9 aromatic carbocycles. The molecule has 0 saturated carbocycles. The highest BCUT2D eigenvalue weighted by molar-refractivity contribution is 9.10. The normalized spacial score (nSPS) is 16.8. The lowest BCUT2D eigenvalue weighted by molar-refractivity contribution is -0.164. The van der Waals surface area contributed by atoms with Gasteiger partial charge in [-0.3, -0.25) is 29.7 Å². The fourth-order valence-corrected chi connectivity index (χ4v) is 17.0. The van der Waals surface area contributed by atoms with E-state index >= 15 is 0 Å². The maximum Gasteiger partial charge on any atom is 0.494 e. The van der Waals surface area contributed by atoms with Crippen LogP contribution in [0.4, 0.5) is 4.79 Å². The lowest BCUT2D eigenvalue weighted by atomic mass is 9.77. The van der Waals surface area contributed by atoms with Gasteiger partial charge in [0.2, 0.25) is 16.8 Å². The van der Waals surface area contributed by atoms with E-state index in [1.165, 1.54) is 16.7 Å². The number of esters is 3. The fourth-order valence-electron chi connectivity index (χ4n) is 16.8. The molecule has 134 heavy (non-hydrogen) atoms. The van der Waals surface area contributed by atoms with Gasteiger partial charge in [-0.05, 0) is 257 Å². The minimum Gasteiger partial charge on any atom is -0.463 e. The predicted octanol–water partition coefficient (Wildman–Crippen LogP) is 18.4. The number of piperidine rings is 3. The maximum atomic E-state index is 13.7. The zero-order valence-electron chi connectivity index (χ0n) is 78.2. The van der Waals surface area contributed by atoms with Crippen LogP contribution in [0.2, 0.25) is 0 Å². The van der Waals surface area contributed by atoms with Crippen LogP contribution in [0.3, 0.4) is 0 Å². The zero-order valence-corrected chi connectivity index (χ0v) is 79.8. The Bertz CT molecular complexity index is 5630. The van der Waals surface area contributed by atoms with Gasteiger partial charge in [0.1, 0.15) is 5.60 Å². The molecule has 1 amide bonds. The highest BCUT2D eigenvalue weighted by Crippen LogP contribution is 2.40. The average molecular weight is 1870 g/mol. The monoisotopic (exact) mass is 1870 g/mol. The van der Waals surface area contributed by atoms with Crippen molar-refractivity contribution in [1.29, 1.82) is 0 Å². The SMILES string of the molecule is CC(C)(C)OC(=O)NCc1ccc(-c2ccc([C@](O)(C(=O)OCC3CCN(Cc4ccccc4)CC3)c3ccccc3)cc2)cn1.CC1(C)OB(c2ccc([C@](O)(C(=O)OCC3CCN(Cc4ccccc4)CC3)c3ccccc3)cc2)OC1(C)C.CCc1ccc(Br)cn1.NCc1ccc(-c2ccc([C@](O)(C(=O)OCC3CCN(Cc4ccccc4)CC3)c3ccccc3)cc2)cn1. The standard InChI is InChI=1S/C38H43N3O5.C33H40BNO5.C33H35N3O3.C7H8BrN/c1-37(2,3)46-36(43)40-25-34-19-16-31(24-39-34)30-14-17-33(18-15-30)38(44,32-12-8-5-9-13-32)35(42)45-27-29-20-22-41(23-21-29)26-28-10-6-4-7-11-28;1-31(2)32(3,4)40-34(39-31)29-17-15-28(16-18-29)33(37,27-13-9-6-10-14-27)30(36)38-24-26-19-21-35(22-20-26)23-25-11-7-5-8-12-25;34-21-31-16-13-28(22-35-31)27-11-14-30(15-12-27)33(38,29-9-5-2-6-10-29)32(37)39-24-26-17-19-36(20-18-26)23-25-7-3-1-4-8-25;1-2-7-4-3-6(8)5-9-7/h4-19,24,29,44H,20-23,25-27H2,1-3H3,(H,40,43);5-18,26,37H,19-24H2,1-4H3;1-16,22,26,38H,17-21,23-24,34H2;3-5H,2H2,1H3/t38-;2*33-;/m000./s1. The largest absolute Gasteiger partial charge is 0.494 e. The lowest BCUT2D eigenvalue weighted by Gasteiger charge is -2.33. The first-order valence-electron chi connectivity index (χ1n) is 46.6. The zero-order chi connectivity index (χ0) is 94.7. The van der Waals surface area contributed by atoms with E-state index in [9.17, 15) is 34.5 Å². The molecule has 16 rings (SSSR count). The van der Waals surface area contributed by atoms with Crippen LogP contribution in [0.5, 0.6) is 0 Å². The summed E-state index contributed by atoms with van der Waals surface area (Å²) >= 11 is 3.31. The van der Waals surface area contributed by atoms with Crippen molar-refractivity contribution < 1.29 is 62.8 Å². The Morgan fingerprint density at radius 2 is 0.709 bits per heavy atom. The summed E-state index contributed by atoms with van der Waals surface area (Å²) in [6, 6.07) is 91.7. The number of carbonyl (C=O) groups is 4. The minimum atomic E-state index is -1.96. The number of aliphatic hydroxyl groups is 3. The van der Waals surface area contributed by atoms with Crippen LogP contribution >= 0.6 is 15.9 Å². The number of carbonyl (C=O) groups excluding carboxylic acids is 4. The van der Waals surface area contributed by atoms with Gasteiger partial charge in [0.15, 0.2) is 0 Å². The lowest BCUT2D eigenvalue weighted by Crippen LogP contribution is -2.41. The third kappa shape index (κ3) is 26.9. The van der Waals surface area contributed by atoms with Crippen LogP contribution in [0, 0.1) is 17.8 Å².